The first-order valence-electron chi connectivity index (χ1n) is 9.62. The monoisotopic (exact) mass is 410 g/mol. The van der Waals surface area contributed by atoms with Crippen molar-refractivity contribution in [1.29, 1.82) is 0 Å². The molecule has 0 saturated carbocycles. The Morgan fingerprint density at radius 3 is 2.07 bits per heavy atom. The summed E-state index contributed by atoms with van der Waals surface area (Å²) in [6.07, 6.45) is 0. The Bertz CT molecular complexity index is 1090. The number of rotatable bonds is 4. The van der Waals surface area contributed by atoms with Gasteiger partial charge in [-0.15, -0.1) is 0 Å². The lowest BCUT2D eigenvalue weighted by Crippen LogP contribution is -2.50. The van der Waals surface area contributed by atoms with Crippen molar-refractivity contribution in [1.82, 2.24) is 14.7 Å². The van der Waals surface area contributed by atoms with E-state index in [4.69, 9.17) is 0 Å². The van der Waals surface area contributed by atoms with Gasteiger partial charge in [-0.25, -0.2) is 13.5 Å². The Morgan fingerprint density at radius 2 is 1.43 bits per heavy atom. The van der Waals surface area contributed by atoms with Crippen LogP contribution < -0.4 is 10.5 Å². The molecule has 6 nitrogen and oxygen atoms in total. The molecule has 3 aromatic rings. The molecule has 1 aliphatic rings. The van der Waals surface area contributed by atoms with Gasteiger partial charge in [-0.05, 0) is 54.6 Å². The van der Waals surface area contributed by atoms with Gasteiger partial charge in [0.05, 0.1) is 5.69 Å². The van der Waals surface area contributed by atoms with Crippen molar-refractivity contribution in [2.45, 2.75) is 6.54 Å². The van der Waals surface area contributed by atoms with E-state index >= 15 is 0 Å². The summed E-state index contributed by atoms with van der Waals surface area (Å²) in [6, 6.07) is 15.0. The molecule has 0 atom stereocenters. The first-order valence-corrected chi connectivity index (χ1v) is 9.62. The smallest absolute Gasteiger partial charge is 0.267 e. The van der Waals surface area contributed by atoms with Crippen LogP contribution in [0.5, 0.6) is 0 Å². The topological polar surface area (TPSA) is 58.4 Å². The summed E-state index contributed by atoms with van der Waals surface area (Å²) >= 11 is 0. The van der Waals surface area contributed by atoms with E-state index in [9.17, 15) is 18.4 Å². The standard InChI is InChI=1S/C22H20F2N4O2/c23-17-3-1-16(2-4-17)20-9-10-21(29)28(25-20)15-22(30)27-13-11-26(12-14-27)19-7-5-18(24)6-8-19/h1-10H,11-15H2. The average Bonchev–Trinajstić information content (AvgIpc) is 2.76. The number of benzene rings is 2. The van der Waals surface area contributed by atoms with Crippen LogP contribution in [0.15, 0.2) is 65.5 Å². The molecule has 0 spiro atoms. The fourth-order valence-corrected chi connectivity index (χ4v) is 3.43. The molecule has 0 aliphatic carbocycles. The Balaban J connectivity index is 1.42. The van der Waals surface area contributed by atoms with Crippen molar-refractivity contribution >= 4 is 11.6 Å². The van der Waals surface area contributed by atoms with Crippen LogP contribution in [0.4, 0.5) is 14.5 Å². The second-order valence-electron chi connectivity index (χ2n) is 7.07. The second-order valence-corrected chi connectivity index (χ2v) is 7.07. The lowest BCUT2D eigenvalue weighted by Gasteiger charge is -2.36. The van der Waals surface area contributed by atoms with Gasteiger partial charge in [0.1, 0.15) is 18.2 Å². The number of carbonyl (C=O) groups excluding carboxylic acids is 1. The normalized spacial score (nSPS) is 14.1. The number of aromatic nitrogens is 2. The fraction of sp³-hybridized carbons (Fsp3) is 0.227. The summed E-state index contributed by atoms with van der Waals surface area (Å²) in [6.45, 7) is 2.08. The Kier molecular flexibility index (Phi) is 5.56. The van der Waals surface area contributed by atoms with Gasteiger partial charge >= 0.3 is 0 Å². The molecule has 0 bridgehead atoms. The maximum Gasteiger partial charge on any atom is 0.267 e. The zero-order valence-corrected chi connectivity index (χ0v) is 16.2. The Morgan fingerprint density at radius 1 is 0.833 bits per heavy atom. The number of hydrogen-bond donors (Lipinski definition) is 0. The highest BCUT2D eigenvalue weighted by atomic mass is 19.1. The third kappa shape index (κ3) is 4.37. The third-order valence-corrected chi connectivity index (χ3v) is 5.12. The van der Waals surface area contributed by atoms with Crippen LogP contribution in [0.25, 0.3) is 11.3 Å². The summed E-state index contributed by atoms with van der Waals surface area (Å²) in [5, 5.41) is 4.27. The molecule has 0 N–H and O–H groups in total. The lowest BCUT2D eigenvalue weighted by molar-refractivity contribution is -0.132. The van der Waals surface area contributed by atoms with E-state index in [0.717, 1.165) is 10.4 Å². The molecule has 154 valence electrons. The van der Waals surface area contributed by atoms with Gasteiger partial charge in [-0.1, -0.05) is 0 Å². The first kappa shape index (κ1) is 19.8. The molecule has 8 heteroatoms. The zero-order chi connectivity index (χ0) is 21.1. The minimum atomic E-state index is -0.376. The maximum absolute atomic E-state index is 13.1. The zero-order valence-electron chi connectivity index (χ0n) is 16.2. The summed E-state index contributed by atoms with van der Waals surface area (Å²) in [5.41, 5.74) is 1.68. The molecule has 1 aromatic heterocycles. The van der Waals surface area contributed by atoms with Crippen LogP contribution in [0.2, 0.25) is 0 Å². The number of amides is 1. The molecule has 2 heterocycles. The van der Waals surface area contributed by atoms with Gasteiger partial charge in [-0.3, -0.25) is 9.59 Å². The first-order chi connectivity index (χ1) is 14.5. The van der Waals surface area contributed by atoms with Crippen LogP contribution in [0.1, 0.15) is 0 Å². The highest BCUT2D eigenvalue weighted by Crippen LogP contribution is 2.18. The van der Waals surface area contributed by atoms with E-state index in [-0.39, 0.29) is 29.6 Å². The highest BCUT2D eigenvalue weighted by molar-refractivity contribution is 5.76. The van der Waals surface area contributed by atoms with Crippen molar-refractivity contribution in [3.8, 4) is 11.3 Å². The van der Waals surface area contributed by atoms with E-state index in [2.05, 4.69) is 10.00 Å². The molecular weight excluding hydrogens is 390 g/mol. The number of halogens is 2. The molecule has 1 saturated heterocycles. The Hall–Kier alpha value is -3.55. The van der Waals surface area contributed by atoms with Crippen LogP contribution in [-0.4, -0.2) is 46.8 Å². The molecule has 4 rings (SSSR count). The quantitative estimate of drug-likeness (QED) is 0.663. The molecule has 1 fully saturated rings. The van der Waals surface area contributed by atoms with Crippen molar-refractivity contribution in [2.24, 2.45) is 0 Å². The van der Waals surface area contributed by atoms with Crippen molar-refractivity contribution < 1.29 is 13.6 Å². The largest absolute Gasteiger partial charge is 0.368 e. The minimum Gasteiger partial charge on any atom is -0.368 e. The average molecular weight is 410 g/mol. The highest BCUT2D eigenvalue weighted by Gasteiger charge is 2.22. The molecule has 1 amide bonds. The van der Waals surface area contributed by atoms with Crippen molar-refractivity contribution in [3.05, 3.63) is 82.7 Å². The predicted molar refractivity (Wildman–Crippen MR) is 109 cm³/mol. The van der Waals surface area contributed by atoms with E-state index in [1.807, 2.05) is 0 Å². The summed E-state index contributed by atoms with van der Waals surface area (Å²) in [5.74, 6) is -0.838. The van der Waals surface area contributed by atoms with Gasteiger partial charge in [0, 0.05) is 43.5 Å². The lowest BCUT2D eigenvalue weighted by atomic mass is 10.1. The van der Waals surface area contributed by atoms with Gasteiger partial charge in [0.2, 0.25) is 5.91 Å². The van der Waals surface area contributed by atoms with Crippen LogP contribution in [-0.2, 0) is 11.3 Å². The molecule has 0 radical (unpaired) electrons. The van der Waals surface area contributed by atoms with Crippen molar-refractivity contribution in [3.63, 3.8) is 0 Å². The summed E-state index contributed by atoms with van der Waals surface area (Å²) in [4.78, 5) is 28.7. The van der Waals surface area contributed by atoms with Crippen LogP contribution in [0, 0.1) is 11.6 Å². The Labute approximate surface area is 172 Å². The van der Waals surface area contributed by atoms with Gasteiger partial charge in [0.25, 0.3) is 5.56 Å². The molecule has 30 heavy (non-hydrogen) atoms. The molecular formula is C22H20F2N4O2. The summed E-state index contributed by atoms with van der Waals surface area (Å²) in [7, 11) is 0. The number of nitrogens with zero attached hydrogens (tertiary/aromatic N) is 4. The second kappa shape index (κ2) is 8.44. The van der Waals surface area contributed by atoms with E-state index < -0.39 is 0 Å². The van der Waals surface area contributed by atoms with Gasteiger partial charge in [-0.2, -0.15) is 5.10 Å². The predicted octanol–water partition coefficient (Wildman–Crippen LogP) is 2.54. The SMILES string of the molecule is O=C(Cn1nc(-c2ccc(F)cc2)ccc1=O)N1CCN(c2ccc(F)cc2)CC1. The van der Waals surface area contributed by atoms with E-state index in [0.29, 0.717) is 37.4 Å². The van der Waals surface area contributed by atoms with Gasteiger partial charge < -0.3 is 9.80 Å². The fourth-order valence-electron chi connectivity index (χ4n) is 3.43. The van der Waals surface area contributed by atoms with Gasteiger partial charge in [0.15, 0.2) is 0 Å². The molecule has 2 aromatic carbocycles. The summed E-state index contributed by atoms with van der Waals surface area (Å²) < 4.78 is 27.4. The van der Waals surface area contributed by atoms with Crippen LogP contribution >= 0.6 is 0 Å². The number of anilines is 1. The van der Waals surface area contributed by atoms with Crippen molar-refractivity contribution in [2.75, 3.05) is 31.1 Å². The van der Waals surface area contributed by atoms with E-state index in [1.165, 1.54) is 30.3 Å². The van der Waals surface area contributed by atoms with E-state index in [1.54, 1.807) is 35.2 Å². The number of carbonyl (C=O) groups is 1. The number of hydrogen-bond acceptors (Lipinski definition) is 4. The van der Waals surface area contributed by atoms with Crippen LogP contribution in [0.3, 0.4) is 0 Å². The minimum absolute atomic E-state index is 0.162. The molecule has 0 unspecified atom stereocenters. The maximum atomic E-state index is 13.1. The number of piperazine rings is 1. The third-order valence-electron chi connectivity index (χ3n) is 5.12. The molecule has 1 aliphatic heterocycles.